The van der Waals surface area contributed by atoms with Crippen molar-refractivity contribution in [2.75, 3.05) is 26.3 Å². The predicted molar refractivity (Wildman–Crippen MR) is 92.3 cm³/mol. The maximum atomic E-state index is 14.8. The largest absolute Gasteiger partial charge is 0.497 e. The van der Waals surface area contributed by atoms with Crippen LogP contribution in [-0.4, -0.2) is 75.9 Å². The molecule has 152 valence electrons. The number of rotatable bonds is 6. The molecule has 0 amide bonds. The molecule has 3 rings (SSSR count). The lowest BCUT2D eigenvalue weighted by molar-refractivity contribution is -0.220. The van der Waals surface area contributed by atoms with Crippen LogP contribution in [0.2, 0.25) is 0 Å². The molecule has 0 bridgehead atoms. The number of thioether (sulfide) groups is 1. The first-order valence-corrected chi connectivity index (χ1v) is 9.43. The molecule has 1 aromatic carbocycles. The Bertz CT molecular complexity index is 652. The third-order valence-electron chi connectivity index (χ3n) is 4.96. The highest BCUT2D eigenvalue weighted by Gasteiger charge is 2.56. The summed E-state index contributed by atoms with van der Waals surface area (Å²) in [6.45, 7) is -1.58. The van der Waals surface area contributed by atoms with E-state index in [1.165, 1.54) is 19.2 Å². The molecule has 0 spiro atoms. The number of nitrogens with zero attached hydrogens (tertiary/aromatic N) is 1. The molecular formula is C17H22F3NO5S. The van der Waals surface area contributed by atoms with Crippen molar-refractivity contribution in [2.24, 2.45) is 0 Å². The van der Waals surface area contributed by atoms with Crippen molar-refractivity contribution in [3.63, 3.8) is 0 Å². The van der Waals surface area contributed by atoms with E-state index in [0.29, 0.717) is 5.75 Å². The summed E-state index contributed by atoms with van der Waals surface area (Å²) in [6.07, 6.45) is -3.79. The van der Waals surface area contributed by atoms with Crippen LogP contribution in [0.25, 0.3) is 0 Å². The normalized spacial score (nSPS) is 31.4. The fourth-order valence-electron chi connectivity index (χ4n) is 3.41. The number of benzene rings is 1. The van der Waals surface area contributed by atoms with Gasteiger partial charge in [-0.25, -0.2) is 13.2 Å². The first-order chi connectivity index (χ1) is 12.7. The molecule has 6 nitrogen and oxygen atoms in total. The molecule has 3 N–H and O–H groups in total. The average molecular weight is 409 g/mol. The summed E-state index contributed by atoms with van der Waals surface area (Å²) in [5.41, 5.74) is -3.56. The van der Waals surface area contributed by atoms with E-state index < -0.39 is 48.4 Å². The zero-order valence-corrected chi connectivity index (χ0v) is 15.4. The highest BCUT2D eigenvalue weighted by Crippen LogP contribution is 2.45. The van der Waals surface area contributed by atoms with E-state index in [1.54, 1.807) is 0 Å². The fraction of sp³-hybridized carbons (Fsp3) is 0.647. The van der Waals surface area contributed by atoms with Gasteiger partial charge in [-0.15, -0.1) is 11.8 Å². The first kappa shape index (κ1) is 20.7. The van der Waals surface area contributed by atoms with Crippen molar-refractivity contribution in [3.05, 3.63) is 29.8 Å². The molecule has 1 aromatic rings. The Morgan fingerprint density at radius 1 is 1.30 bits per heavy atom. The molecule has 27 heavy (non-hydrogen) atoms. The van der Waals surface area contributed by atoms with Crippen LogP contribution >= 0.6 is 11.8 Å². The molecule has 0 aromatic heterocycles. The number of hydrogen-bond donors (Lipinski definition) is 3. The molecule has 2 heterocycles. The van der Waals surface area contributed by atoms with E-state index in [9.17, 15) is 28.5 Å². The average Bonchev–Trinajstić information content (AvgIpc) is 3.10. The van der Waals surface area contributed by atoms with Crippen LogP contribution < -0.4 is 4.74 Å². The van der Waals surface area contributed by atoms with Gasteiger partial charge < -0.3 is 24.8 Å². The lowest BCUT2D eigenvalue weighted by Gasteiger charge is -2.44. The maximum absolute atomic E-state index is 14.8. The summed E-state index contributed by atoms with van der Waals surface area (Å²) < 4.78 is 53.7. The van der Waals surface area contributed by atoms with E-state index in [0.717, 1.165) is 28.8 Å². The molecule has 2 aliphatic heterocycles. The van der Waals surface area contributed by atoms with Gasteiger partial charge in [0, 0.05) is 5.56 Å². The minimum Gasteiger partial charge on any atom is -0.497 e. The number of fused-ring (bicyclic) bond motifs is 1. The monoisotopic (exact) mass is 409 g/mol. The third-order valence-corrected chi connectivity index (χ3v) is 6.13. The SMILES string of the molecule is COc1ccc(C(F)(F)CC(O)(CF)N2CSC3OCC(O)C(O)C32)cc1. The summed E-state index contributed by atoms with van der Waals surface area (Å²) in [5.74, 6) is -3.15. The second-order valence-electron chi connectivity index (χ2n) is 6.74. The van der Waals surface area contributed by atoms with Gasteiger partial charge in [0.05, 0.1) is 32.1 Å². The van der Waals surface area contributed by atoms with E-state index >= 15 is 0 Å². The molecule has 0 aliphatic carbocycles. The lowest BCUT2D eigenvalue weighted by atomic mass is 9.94. The number of hydrogen-bond acceptors (Lipinski definition) is 7. The molecule has 10 heteroatoms. The van der Waals surface area contributed by atoms with Gasteiger partial charge in [-0.1, -0.05) is 0 Å². The van der Waals surface area contributed by atoms with Crippen LogP contribution in [0.15, 0.2) is 24.3 Å². The number of aliphatic hydroxyl groups is 3. The second kappa shape index (κ2) is 7.76. The van der Waals surface area contributed by atoms with Gasteiger partial charge in [-0.05, 0) is 24.3 Å². The minimum absolute atomic E-state index is 0.0156. The number of halogens is 3. The van der Waals surface area contributed by atoms with Gasteiger partial charge in [0.25, 0.3) is 5.92 Å². The molecule has 5 unspecified atom stereocenters. The van der Waals surface area contributed by atoms with Gasteiger partial charge in [0.2, 0.25) is 0 Å². The Morgan fingerprint density at radius 3 is 2.56 bits per heavy atom. The van der Waals surface area contributed by atoms with E-state index in [-0.39, 0.29) is 18.0 Å². The molecular weight excluding hydrogens is 387 g/mol. The number of aliphatic hydroxyl groups excluding tert-OH is 2. The van der Waals surface area contributed by atoms with Gasteiger partial charge in [0.1, 0.15) is 30.1 Å². The van der Waals surface area contributed by atoms with Gasteiger partial charge in [-0.3, -0.25) is 4.90 Å². The number of methoxy groups -OCH3 is 1. The van der Waals surface area contributed by atoms with Gasteiger partial charge in [0.15, 0.2) is 5.72 Å². The van der Waals surface area contributed by atoms with Crippen LogP contribution in [0.3, 0.4) is 0 Å². The molecule has 5 atom stereocenters. The quantitative estimate of drug-likeness (QED) is 0.653. The summed E-state index contributed by atoms with van der Waals surface area (Å²) in [7, 11) is 1.41. The van der Waals surface area contributed by atoms with Crippen molar-refractivity contribution >= 4 is 11.8 Å². The summed E-state index contributed by atoms with van der Waals surface area (Å²) in [6, 6.07) is 4.03. The standard InChI is InChI=1S/C17H22F3NO5S/c1-25-11-4-2-10(3-5-11)17(19,20)7-16(24,8-18)21-9-27-15-13(21)14(23)12(22)6-26-15/h2-5,12-15,22-24H,6-9H2,1H3. The highest BCUT2D eigenvalue weighted by atomic mass is 32.2. The summed E-state index contributed by atoms with van der Waals surface area (Å²) in [4.78, 5) is 1.06. The van der Waals surface area contributed by atoms with Gasteiger partial charge >= 0.3 is 0 Å². The van der Waals surface area contributed by atoms with Crippen molar-refractivity contribution in [1.82, 2.24) is 4.90 Å². The first-order valence-electron chi connectivity index (χ1n) is 8.38. The maximum Gasteiger partial charge on any atom is 0.277 e. The Labute approximate surface area is 158 Å². The molecule has 2 saturated heterocycles. The summed E-state index contributed by atoms with van der Waals surface area (Å²) in [5, 5.41) is 30.8. The summed E-state index contributed by atoms with van der Waals surface area (Å²) >= 11 is 1.15. The van der Waals surface area contributed by atoms with Crippen molar-refractivity contribution in [1.29, 1.82) is 0 Å². The topological polar surface area (TPSA) is 82.4 Å². The molecule has 0 saturated carbocycles. The van der Waals surface area contributed by atoms with Gasteiger partial charge in [-0.2, -0.15) is 0 Å². The van der Waals surface area contributed by atoms with Crippen LogP contribution in [0.1, 0.15) is 12.0 Å². The number of alkyl halides is 3. The van der Waals surface area contributed by atoms with Crippen LogP contribution in [0, 0.1) is 0 Å². The Balaban J connectivity index is 1.83. The van der Waals surface area contributed by atoms with E-state index in [1.807, 2.05) is 0 Å². The Morgan fingerprint density at radius 2 is 1.96 bits per heavy atom. The molecule has 0 radical (unpaired) electrons. The van der Waals surface area contributed by atoms with Crippen molar-refractivity contribution in [2.45, 2.75) is 41.8 Å². The fourth-order valence-corrected chi connectivity index (χ4v) is 4.81. The highest BCUT2D eigenvalue weighted by molar-refractivity contribution is 8.00. The lowest BCUT2D eigenvalue weighted by Crippen LogP contribution is -2.63. The van der Waals surface area contributed by atoms with Crippen LogP contribution in [0.5, 0.6) is 5.75 Å². The van der Waals surface area contributed by atoms with E-state index in [4.69, 9.17) is 9.47 Å². The Kier molecular flexibility index (Phi) is 5.95. The Hall–Kier alpha value is -1.04. The molecule has 2 aliphatic rings. The van der Waals surface area contributed by atoms with Crippen LogP contribution in [0.4, 0.5) is 13.2 Å². The zero-order chi connectivity index (χ0) is 19.8. The van der Waals surface area contributed by atoms with E-state index in [2.05, 4.69) is 0 Å². The molecule has 2 fully saturated rings. The predicted octanol–water partition coefficient (Wildman–Crippen LogP) is 1.29. The zero-order valence-electron chi connectivity index (χ0n) is 14.6. The number of ether oxygens (including phenoxy) is 2. The third kappa shape index (κ3) is 3.92. The van der Waals surface area contributed by atoms with Crippen molar-refractivity contribution < 1.29 is 38.0 Å². The minimum atomic E-state index is -3.53. The second-order valence-corrected chi connectivity index (χ2v) is 7.80. The van der Waals surface area contributed by atoms with Crippen LogP contribution in [-0.2, 0) is 10.7 Å². The van der Waals surface area contributed by atoms with Crippen molar-refractivity contribution in [3.8, 4) is 5.75 Å². The smallest absolute Gasteiger partial charge is 0.277 e.